The van der Waals surface area contributed by atoms with E-state index in [4.69, 9.17) is 10.00 Å². The average molecular weight is 317 g/mol. The molecule has 96 valence electrons. The second kappa shape index (κ2) is 6.35. The fourth-order valence-corrected chi connectivity index (χ4v) is 2.18. The number of nitriles is 1. The van der Waals surface area contributed by atoms with Crippen LogP contribution in [0.2, 0.25) is 0 Å². The van der Waals surface area contributed by atoms with Gasteiger partial charge in [0.05, 0.1) is 0 Å². The van der Waals surface area contributed by atoms with Crippen LogP contribution in [0, 0.1) is 18.3 Å². The minimum atomic E-state index is 0.408. The smallest absolute Gasteiger partial charge is 0.140 e. The Balaban J connectivity index is 2.12. The third-order valence-electron chi connectivity index (χ3n) is 2.69. The number of hydrogen-bond donors (Lipinski definition) is 0. The Bertz CT molecular complexity index is 620. The molecule has 0 amide bonds. The van der Waals surface area contributed by atoms with Crippen molar-refractivity contribution in [1.29, 1.82) is 5.26 Å². The molecule has 0 bridgehead atoms. The molecule has 0 fully saturated rings. The van der Waals surface area contributed by atoms with Crippen LogP contribution < -0.4 is 4.74 Å². The first-order valence-corrected chi connectivity index (χ1v) is 6.98. The Morgan fingerprint density at radius 1 is 1.32 bits per heavy atom. The lowest BCUT2D eigenvalue weighted by Gasteiger charge is -2.11. The van der Waals surface area contributed by atoms with Crippen LogP contribution in [0.3, 0.4) is 0 Å². The van der Waals surface area contributed by atoms with Crippen LogP contribution in [0.25, 0.3) is 0 Å². The predicted molar refractivity (Wildman–Crippen MR) is 77.1 cm³/mol. The summed E-state index contributed by atoms with van der Waals surface area (Å²) in [5, 5.41) is 9.55. The molecule has 2 aromatic rings. The number of ether oxygens (including phenoxy) is 1. The van der Waals surface area contributed by atoms with Crippen LogP contribution >= 0.6 is 15.9 Å². The van der Waals surface area contributed by atoms with Gasteiger partial charge in [-0.15, -0.1) is 0 Å². The van der Waals surface area contributed by atoms with Gasteiger partial charge in [-0.2, -0.15) is 5.26 Å². The van der Waals surface area contributed by atoms with E-state index in [2.05, 4.69) is 33.9 Å². The highest BCUT2D eigenvalue weighted by Gasteiger charge is 2.04. The van der Waals surface area contributed by atoms with E-state index in [9.17, 15) is 0 Å². The summed E-state index contributed by atoms with van der Waals surface area (Å²) in [6.07, 6.45) is 1.62. The van der Waals surface area contributed by atoms with Crippen molar-refractivity contribution in [3.63, 3.8) is 0 Å². The van der Waals surface area contributed by atoms with Gasteiger partial charge >= 0.3 is 0 Å². The number of pyridine rings is 1. The summed E-state index contributed by atoms with van der Waals surface area (Å²) < 4.78 is 5.80. The molecule has 1 heterocycles. The highest BCUT2D eigenvalue weighted by Crippen LogP contribution is 2.23. The zero-order chi connectivity index (χ0) is 13.7. The van der Waals surface area contributed by atoms with E-state index in [-0.39, 0.29) is 0 Å². The molecule has 1 aromatic heterocycles. The minimum absolute atomic E-state index is 0.408. The van der Waals surface area contributed by atoms with Gasteiger partial charge < -0.3 is 4.74 Å². The van der Waals surface area contributed by atoms with Crippen LogP contribution in [0.1, 0.15) is 22.4 Å². The Kier molecular flexibility index (Phi) is 4.53. The number of benzene rings is 1. The fraction of sp³-hybridized carbons (Fsp3) is 0.200. The largest absolute Gasteiger partial charge is 0.489 e. The number of rotatable bonds is 4. The quantitative estimate of drug-likeness (QED) is 0.807. The van der Waals surface area contributed by atoms with Crippen molar-refractivity contribution in [3.05, 3.63) is 58.9 Å². The Morgan fingerprint density at radius 2 is 2.16 bits per heavy atom. The summed E-state index contributed by atoms with van der Waals surface area (Å²) in [6, 6.07) is 11.7. The maximum atomic E-state index is 8.80. The van der Waals surface area contributed by atoms with Crippen molar-refractivity contribution in [1.82, 2.24) is 4.98 Å². The summed E-state index contributed by atoms with van der Waals surface area (Å²) in [4.78, 5) is 3.93. The highest BCUT2D eigenvalue weighted by molar-refractivity contribution is 9.08. The second-order valence-electron chi connectivity index (χ2n) is 4.19. The first kappa shape index (κ1) is 13.6. The number of halogens is 1. The summed E-state index contributed by atoms with van der Waals surface area (Å²) >= 11 is 3.46. The SMILES string of the molecule is Cc1ccc(OCc2ccnc(C#N)c2)c(CBr)c1. The third-order valence-corrected chi connectivity index (χ3v) is 3.30. The van der Waals surface area contributed by atoms with E-state index in [1.807, 2.05) is 24.3 Å². The van der Waals surface area contributed by atoms with Gasteiger partial charge in [-0.1, -0.05) is 33.6 Å². The summed E-state index contributed by atoms with van der Waals surface area (Å²) in [7, 11) is 0. The fourth-order valence-electron chi connectivity index (χ4n) is 1.74. The standard InChI is InChI=1S/C15H13BrN2O/c1-11-2-3-15(13(6-11)8-16)19-10-12-4-5-18-14(7-12)9-17/h2-7H,8,10H2,1H3. The predicted octanol–water partition coefficient (Wildman–Crippen LogP) is 3.74. The summed E-state index contributed by atoms with van der Waals surface area (Å²) in [5.41, 5.74) is 3.67. The van der Waals surface area contributed by atoms with Crippen LogP contribution in [0.5, 0.6) is 5.75 Å². The van der Waals surface area contributed by atoms with Crippen molar-refractivity contribution < 1.29 is 4.74 Å². The van der Waals surface area contributed by atoms with Gasteiger partial charge in [-0.3, -0.25) is 0 Å². The van der Waals surface area contributed by atoms with E-state index in [1.165, 1.54) is 5.56 Å². The molecule has 1 aromatic carbocycles. The zero-order valence-electron chi connectivity index (χ0n) is 10.6. The normalized spacial score (nSPS) is 9.95. The molecule has 2 rings (SSSR count). The maximum Gasteiger partial charge on any atom is 0.140 e. The number of hydrogen-bond acceptors (Lipinski definition) is 3. The Morgan fingerprint density at radius 3 is 2.89 bits per heavy atom. The summed E-state index contributed by atoms with van der Waals surface area (Å²) in [6.45, 7) is 2.48. The van der Waals surface area contributed by atoms with Crippen molar-refractivity contribution in [2.45, 2.75) is 18.9 Å². The molecule has 0 aliphatic carbocycles. The van der Waals surface area contributed by atoms with Gasteiger partial charge in [-0.05, 0) is 30.7 Å². The molecule has 0 aliphatic heterocycles. The molecule has 19 heavy (non-hydrogen) atoms. The molecule has 0 N–H and O–H groups in total. The Hall–Kier alpha value is -1.86. The van der Waals surface area contributed by atoms with Crippen molar-refractivity contribution >= 4 is 15.9 Å². The molecule has 0 saturated heterocycles. The van der Waals surface area contributed by atoms with Gasteiger partial charge in [0.1, 0.15) is 24.1 Å². The van der Waals surface area contributed by atoms with Crippen molar-refractivity contribution in [3.8, 4) is 11.8 Å². The minimum Gasteiger partial charge on any atom is -0.489 e. The molecular formula is C15H13BrN2O. The van der Waals surface area contributed by atoms with Gasteiger partial charge in [0, 0.05) is 17.1 Å². The lowest BCUT2D eigenvalue weighted by atomic mass is 10.1. The van der Waals surface area contributed by atoms with Crippen LogP contribution in [0.15, 0.2) is 36.5 Å². The summed E-state index contributed by atoms with van der Waals surface area (Å²) in [5.74, 6) is 0.859. The molecule has 0 spiro atoms. The molecule has 0 atom stereocenters. The first-order valence-electron chi connectivity index (χ1n) is 5.86. The monoisotopic (exact) mass is 316 g/mol. The van der Waals surface area contributed by atoms with E-state index >= 15 is 0 Å². The van der Waals surface area contributed by atoms with Gasteiger partial charge in [0.15, 0.2) is 0 Å². The van der Waals surface area contributed by atoms with Crippen molar-refractivity contribution in [2.75, 3.05) is 0 Å². The van der Waals surface area contributed by atoms with Gasteiger partial charge in [0.2, 0.25) is 0 Å². The van der Waals surface area contributed by atoms with E-state index in [1.54, 1.807) is 12.3 Å². The number of alkyl halides is 1. The zero-order valence-corrected chi connectivity index (χ0v) is 12.1. The highest BCUT2D eigenvalue weighted by atomic mass is 79.9. The number of nitrogens with zero attached hydrogens (tertiary/aromatic N) is 2. The lowest BCUT2D eigenvalue weighted by Crippen LogP contribution is -1.99. The van der Waals surface area contributed by atoms with E-state index < -0.39 is 0 Å². The molecule has 3 nitrogen and oxygen atoms in total. The van der Waals surface area contributed by atoms with Gasteiger partial charge in [0.25, 0.3) is 0 Å². The number of aryl methyl sites for hydroxylation is 1. The van der Waals surface area contributed by atoms with E-state index in [0.717, 1.165) is 22.2 Å². The third kappa shape index (κ3) is 3.55. The molecule has 0 aliphatic rings. The number of aromatic nitrogens is 1. The van der Waals surface area contributed by atoms with Crippen LogP contribution in [0.4, 0.5) is 0 Å². The maximum absolute atomic E-state index is 8.80. The topological polar surface area (TPSA) is 45.9 Å². The lowest BCUT2D eigenvalue weighted by molar-refractivity contribution is 0.303. The first-order chi connectivity index (χ1) is 9.22. The van der Waals surface area contributed by atoms with Crippen LogP contribution in [-0.4, -0.2) is 4.98 Å². The van der Waals surface area contributed by atoms with Gasteiger partial charge in [-0.25, -0.2) is 4.98 Å². The van der Waals surface area contributed by atoms with E-state index in [0.29, 0.717) is 12.3 Å². The molecule has 0 unspecified atom stereocenters. The second-order valence-corrected chi connectivity index (χ2v) is 4.76. The van der Waals surface area contributed by atoms with Crippen molar-refractivity contribution in [2.24, 2.45) is 0 Å². The molecular weight excluding hydrogens is 304 g/mol. The average Bonchev–Trinajstić information content (AvgIpc) is 2.46. The molecule has 0 radical (unpaired) electrons. The molecule has 4 heteroatoms. The Labute approximate surface area is 121 Å². The van der Waals surface area contributed by atoms with Crippen LogP contribution in [-0.2, 0) is 11.9 Å². The molecule has 0 saturated carbocycles.